The van der Waals surface area contributed by atoms with Gasteiger partial charge >= 0.3 is 6.09 Å². The molecule has 1 aromatic carbocycles. The Kier molecular flexibility index (Phi) is 3.14. The monoisotopic (exact) mass is 164 g/mol. The molecule has 0 aromatic heterocycles. The second kappa shape index (κ2) is 4.38. The SMILES string of the molecule is COC(=O)NCc1[c]cccc1. The minimum atomic E-state index is -0.424. The second-order valence-corrected chi connectivity index (χ2v) is 2.23. The summed E-state index contributed by atoms with van der Waals surface area (Å²) in [6.07, 6.45) is -0.424. The summed E-state index contributed by atoms with van der Waals surface area (Å²) in [7, 11) is 1.34. The molecule has 0 saturated heterocycles. The van der Waals surface area contributed by atoms with Crippen molar-refractivity contribution in [2.24, 2.45) is 0 Å². The molecular formula is C9H10NO2. The van der Waals surface area contributed by atoms with Crippen molar-refractivity contribution < 1.29 is 9.53 Å². The molecule has 0 atom stereocenters. The Bertz CT molecular complexity index is 246. The van der Waals surface area contributed by atoms with Crippen molar-refractivity contribution in [1.82, 2.24) is 5.32 Å². The highest BCUT2D eigenvalue weighted by atomic mass is 16.5. The van der Waals surface area contributed by atoms with Crippen LogP contribution in [0.3, 0.4) is 0 Å². The number of carbonyl (C=O) groups excluding carboxylic acids is 1. The number of nitrogens with one attached hydrogen (secondary N) is 1. The van der Waals surface area contributed by atoms with E-state index in [1.165, 1.54) is 7.11 Å². The van der Waals surface area contributed by atoms with Crippen LogP contribution in [-0.2, 0) is 11.3 Å². The summed E-state index contributed by atoms with van der Waals surface area (Å²) < 4.78 is 4.41. The molecule has 1 rings (SSSR count). The normalized spacial score (nSPS) is 9.08. The number of methoxy groups -OCH3 is 1. The molecule has 0 aliphatic carbocycles. The Morgan fingerprint density at radius 1 is 1.67 bits per heavy atom. The van der Waals surface area contributed by atoms with Gasteiger partial charge in [-0.15, -0.1) is 0 Å². The van der Waals surface area contributed by atoms with E-state index >= 15 is 0 Å². The topological polar surface area (TPSA) is 38.3 Å². The van der Waals surface area contributed by atoms with Crippen molar-refractivity contribution in [2.75, 3.05) is 7.11 Å². The van der Waals surface area contributed by atoms with E-state index in [1.807, 2.05) is 18.2 Å². The molecule has 0 saturated carbocycles. The lowest BCUT2D eigenvalue weighted by Gasteiger charge is -2.01. The largest absolute Gasteiger partial charge is 0.453 e. The molecule has 63 valence electrons. The number of rotatable bonds is 2. The minimum Gasteiger partial charge on any atom is -0.453 e. The van der Waals surface area contributed by atoms with Crippen LogP contribution in [0.2, 0.25) is 0 Å². The first-order chi connectivity index (χ1) is 5.83. The molecule has 0 heterocycles. The first-order valence-electron chi connectivity index (χ1n) is 3.60. The maximum atomic E-state index is 10.6. The molecule has 0 unspecified atom stereocenters. The first-order valence-corrected chi connectivity index (χ1v) is 3.60. The van der Waals surface area contributed by atoms with E-state index in [1.54, 1.807) is 6.07 Å². The predicted molar refractivity (Wildman–Crippen MR) is 44.5 cm³/mol. The van der Waals surface area contributed by atoms with Crippen LogP contribution in [0.5, 0.6) is 0 Å². The molecule has 1 aromatic rings. The van der Waals surface area contributed by atoms with Crippen molar-refractivity contribution in [1.29, 1.82) is 0 Å². The molecule has 3 heteroatoms. The molecule has 1 radical (unpaired) electrons. The van der Waals surface area contributed by atoms with E-state index in [2.05, 4.69) is 16.1 Å². The summed E-state index contributed by atoms with van der Waals surface area (Å²) in [5.74, 6) is 0. The van der Waals surface area contributed by atoms with Crippen molar-refractivity contribution in [3.8, 4) is 0 Å². The van der Waals surface area contributed by atoms with Gasteiger partial charge in [0.1, 0.15) is 0 Å². The maximum Gasteiger partial charge on any atom is 0.407 e. The van der Waals surface area contributed by atoms with Crippen LogP contribution < -0.4 is 5.32 Å². The van der Waals surface area contributed by atoms with Crippen LogP contribution >= 0.6 is 0 Å². The number of benzene rings is 1. The highest BCUT2D eigenvalue weighted by Crippen LogP contribution is 1.95. The van der Waals surface area contributed by atoms with E-state index in [4.69, 9.17) is 0 Å². The lowest BCUT2D eigenvalue weighted by atomic mass is 10.2. The number of amides is 1. The lowest BCUT2D eigenvalue weighted by Crippen LogP contribution is -2.22. The van der Waals surface area contributed by atoms with E-state index in [-0.39, 0.29) is 0 Å². The van der Waals surface area contributed by atoms with Crippen LogP contribution in [0.4, 0.5) is 4.79 Å². The van der Waals surface area contributed by atoms with Gasteiger partial charge in [0.05, 0.1) is 7.11 Å². The van der Waals surface area contributed by atoms with Crippen LogP contribution in [0.15, 0.2) is 24.3 Å². The third kappa shape index (κ3) is 2.62. The average molecular weight is 164 g/mol. The standard InChI is InChI=1S/C9H10NO2/c1-12-9(11)10-7-8-5-3-2-4-6-8/h2-5H,7H2,1H3,(H,10,11). The number of alkyl carbamates (subject to hydrolysis) is 1. The van der Waals surface area contributed by atoms with Gasteiger partial charge in [-0.25, -0.2) is 4.79 Å². The van der Waals surface area contributed by atoms with Crippen LogP contribution in [-0.4, -0.2) is 13.2 Å². The Hall–Kier alpha value is -1.51. The van der Waals surface area contributed by atoms with Gasteiger partial charge in [-0.1, -0.05) is 24.3 Å². The molecule has 3 nitrogen and oxygen atoms in total. The molecule has 1 amide bonds. The summed E-state index contributed by atoms with van der Waals surface area (Å²) in [5, 5.41) is 2.56. The Labute approximate surface area is 71.4 Å². The molecule has 0 spiro atoms. The third-order valence-corrected chi connectivity index (χ3v) is 1.38. The summed E-state index contributed by atoms with van der Waals surface area (Å²) in [6, 6.07) is 10.4. The highest BCUT2D eigenvalue weighted by molar-refractivity contribution is 5.66. The average Bonchev–Trinajstić information content (AvgIpc) is 2.16. The Balaban J connectivity index is 2.38. The molecule has 0 aliphatic rings. The molecular weight excluding hydrogens is 154 g/mol. The van der Waals surface area contributed by atoms with Gasteiger partial charge in [0.25, 0.3) is 0 Å². The lowest BCUT2D eigenvalue weighted by molar-refractivity contribution is 0.170. The number of carbonyl (C=O) groups is 1. The van der Waals surface area contributed by atoms with E-state index < -0.39 is 6.09 Å². The van der Waals surface area contributed by atoms with Gasteiger partial charge in [0.15, 0.2) is 0 Å². The van der Waals surface area contributed by atoms with Gasteiger partial charge in [-0.3, -0.25) is 0 Å². The fourth-order valence-electron chi connectivity index (χ4n) is 0.780. The molecule has 0 aliphatic heterocycles. The van der Waals surface area contributed by atoms with Crippen LogP contribution in [0.25, 0.3) is 0 Å². The van der Waals surface area contributed by atoms with Gasteiger partial charge in [0.2, 0.25) is 0 Å². The van der Waals surface area contributed by atoms with Crippen molar-refractivity contribution in [3.05, 3.63) is 35.9 Å². The summed E-state index contributed by atoms with van der Waals surface area (Å²) in [6.45, 7) is 0.452. The van der Waals surface area contributed by atoms with Gasteiger partial charge in [-0.05, 0) is 11.6 Å². The number of hydrogen-bond donors (Lipinski definition) is 1. The van der Waals surface area contributed by atoms with Crippen LogP contribution in [0, 0.1) is 6.07 Å². The predicted octanol–water partition coefficient (Wildman–Crippen LogP) is 1.34. The molecule has 0 fully saturated rings. The van der Waals surface area contributed by atoms with Crippen molar-refractivity contribution in [3.63, 3.8) is 0 Å². The van der Waals surface area contributed by atoms with Gasteiger partial charge in [0, 0.05) is 6.54 Å². The fourth-order valence-corrected chi connectivity index (χ4v) is 0.780. The zero-order valence-electron chi connectivity index (χ0n) is 6.83. The third-order valence-electron chi connectivity index (χ3n) is 1.38. The van der Waals surface area contributed by atoms with Crippen molar-refractivity contribution in [2.45, 2.75) is 6.54 Å². The number of hydrogen-bond acceptors (Lipinski definition) is 2. The van der Waals surface area contributed by atoms with Gasteiger partial charge in [-0.2, -0.15) is 0 Å². The van der Waals surface area contributed by atoms with Crippen molar-refractivity contribution >= 4 is 6.09 Å². The molecule has 12 heavy (non-hydrogen) atoms. The Morgan fingerprint density at radius 2 is 2.50 bits per heavy atom. The second-order valence-electron chi connectivity index (χ2n) is 2.23. The van der Waals surface area contributed by atoms with E-state index in [0.717, 1.165) is 5.56 Å². The summed E-state index contributed by atoms with van der Waals surface area (Å²) in [5.41, 5.74) is 0.933. The van der Waals surface area contributed by atoms with E-state index in [0.29, 0.717) is 6.54 Å². The van der Waals surface area contributed by atoms with E-state index in [9.17, 15) is 4.79 Å². The summed E-state index contributed by atoms with van der Waals surface area (Å²) in [4.78, 5) is 10.6. The number of ether oxygens (including phenoxy) is 1. The smallest absolute Gasteiger partial charge is 0.407 e. The van der Waals surface area contributed by atoms with Crippen LogP contribution in [0.1, 0.15) is 5.56 Å². The zero-order valence-corrected chi connectivity index (χ0v) is 6.83. The Morgan fingerprint density at radius 3 is 3.08 bits per heavy atom. The molecule has 1 N–H and O–H groups in total. The zero-order chi connectivity index (χ0) is 8.81. The maximum absolute atomic E-state index is 10.6. The summed E-state index contributed by atoms with van der Waals surface area (Å²) >= 11 is 0. The quantitative estimate of drug-likeness (QED) is 0.716. The fraction of sp³-hybridized carbons (Fsp3) is 0.222. The molecule has 0 bridgehead atoms. The minimum absolute atomic E-state index is 0.424. The van der Waals surface area contributed by atoms with Gasteiger partial charge < -0.3 is 10.1 Å². The highest BCUT2D eigenvalue weighted by Gasteiger charge is 1.96. The first kappa shape index (κ1) is 8.59.